The average molecular weight is 555 g/mol. The van der Waals surface area contributed by atoms with E-state index in [1.807, 2.05) is 51.1 Å². The molecule has 4 rings (SSSR count). The van der Waals surface area contributed by atoms with Crippen molar-refractivity contribution in [1.29, 1.82) is 0 Å². The maximum Gasteiger partial charge on any atom is 0.255 e. The van der Waals surface area contributed by atoms with E-state index in [0.29, 0.717) is 41.2 Å². The van der Waals surface area contributed by atoms with Gasteiger partial charge in [-0.25, -0.2) is 0 Å². The summed E-state index contributed by atoms with van der Waals surface area (Å²) in [6.07, 6.45) is 0.921. The third kappa shape index (κ3) is 5.09. The number of nitrogens with one attached hydrogen (secondary N) is 2. The van der Waals surface area contributed by atoms with Crippen molar-refractivity contribution in [3.63, 3.8) is 0 Å². The van der Waals surface area contributed by atoms with Gasteiger partial charge in [0.2, 0.25) is 5.95 Å². The molecule has 0 fully saturated rings. The Morgan fingerprint density at radius 3 is 2.75 bits per heavy atom. The van der Waals surface area contributed by atoms with Crippen LogP contribution in [0.2, 0.25) is 0 Å². The van der Waals surface area contributed by atoms with Gasteiger partial charge in [0.05, 0.1) is 23.8 Å². The zero-order valence-corrected chi connectivity index (χ0v) is 22.9. The Balaban J connectivity index is 1.75. The van der Waals surface area contributed by atoms with Gasteiger partial charge in [-0.05, 0) is 94.4 Å². The van der Waals surface area contributed by atoms with E-state index in [2.05, 4.69) is 55.9 Å². The first-order chi connectivity index (χ1) is 17.2. The summed E-state index contributed by atoms with van der Waals surface area (Å²) in [5.41, 5.74) is 4.81. The number of nitrogens with zero attached hydrogens (tertiary/aromatic N) is 4. The van der Waals surface area contributed by atoms with Crippen LogP contribution < -0.4 is 20.1 Å². The lowest BCUT2D eigenvalue weighted by atomic mass is 9.94. The molecule has 0 aliphatic carbocycles. The van der Waals surface area contributed by atoms with E-state index in [0.717, 1.165) is 33.3 Å². The Morgan fingerprint density at radius 2 is 2.03 bits per heavy atom. The third-order valence-electron chi connectivity index (χ3n) is 6.32. The maximum absolute atomic E-state index is 13.7. The number of carbonyl (C=O) groups excluding carboxylic acids is 1. The topological polar surface area (TPSA) is 103 Å². The van der Waals surface area contributed by atoms with Crippen LogP contribution in [0.15, 0.2) is 46.1 Å². The number of hydrogen-bond acceptors (Lipinski definition) is 7. The number of tetrazole rings is 1. The molecule has 1 amide bonds. The minimum atomic E-state index is -0.587. The quantitative estimate of drug-likeness (QED) is 0.383. The number of anilines is 2. The van der Waals surface area contributed by atoms with E-state index >= 15 is 0 Å². The summed E-state index contributed by atoms with van der Waals surface area (Å²) in [7, 11) is 1.60. The third-order valence-corrected chi connectivity index (χ3v) is 6.91. The SMILES string of the molecule is COc1cc(C2C(C(=O)Nc3cccc(C)c3C)=C(C)Nc3nnnn32)cc(Br)c1OCCC(C)C. The lowest BCUT2D eigenvalue weighted by Crippen LogP contribution is -2.31. The standard InChI is InChI=1S/C26H31BrN6O3/c1-14(2)10-11-36-24-19(27)12-18(13-21(24)35-6)23-22(17(5)28-26-30-31-32-33(23)26)25(34)29-20-9-7-8-15(3)16(20)4/h7-9,12-14,23H,10-11H2,1-6H3,(H,29,34)(H,28,30,32). The Labute approximate surface area is 219 Å². The fourth-order valence-electron chi connectivity index (χ4n) is 4.13. The number of allylic oxidation sites excluding steroid dienone is 1. The Bertz CT molecular complexity index is 1320. The van der Waals surface area contributed by atoms with Crippen molar-refractivity contribution in [2.24, 2.45) is 5.92 Å². The molecule has 36 heavy (non-hydrogen) atoms. The van der Waals surface area contributed by atoms with E-state index in [4.69, 9.17) is 9.47 Å². The van der Waals surface area contributed by atoms with Gasteiger partial charge in [-0.1, -0.05) is 31.1 Å². The molecule has 1 aliphatic heterocycles. The molecule has 0 spiro atoms. The van der Waals surface area contributed by atoms with Gasteiger partial charge in [0.25, 0.3) is 5.91 Å². The molecule has 190 valence electrons. The van der Waals surface area contributed by atoms with Gasteiger partial charge < -0.3 is 20.1 Å². The molecule has 2 N–H and O–H groups in total. The van der Waals surface area contributed by atoms with Crippen LogP contribution in [0.1, 0.15) is 49.9 Å². The molecule has 0 saturated heterocycles. The summed E-state index contributed by atoms with van der Waals surface area (Å²) >= 11 is 3.65. The molecule has 3 aromatic rings. The molecule has 0 radical (unpaired) electrons. The predicted octanol–water partition coefficient (Wildman–Crippen LogP) is 5.41. The molecule has 1 unspecified atom stereocenters. The van der Waals surface area contributed by atoms with Crippen molar-refractivity contribution in [1.82, 2.24) is 20.2 Å². The Kier molecular flexibility index (Phi) is 7.63. The molecule has 10 heteroatoms. The van der Waals surface area contributed by atoms with Crippen LogP contribution in [0.25, 0.3) is 0 Å². The molecule has 0 saturated carbocycles. The van der Waals surface area contributed by atoms with Crippen LogP contribution in [0.4, 0.5) is 11.6 Å². The molecule has 9 nitrogen and oxygen atoms in total. The second kappa shape index (κ2) is 10.7. The smallest absolute Gasteiger partial charge is 0.255 e. The Hall–Kier alpha value is -3.40. The summed E-state index contributed by atoms with van der Waals surface area (Å²) in [5.74, 6) is 1.91. The van der Waals surface area contributed by atoms with Gasteiger partial charge in [-0.15, -0.1) is 0 Å². The minimum Gasteiger partial charge on any atom is -0.493 e. The van der Waals surface area contributed by atoms with E-state index in [1.54, 1.807) is 11.8 Å². The first-order valence-corrected chi connectivity index (χ1v) is 12.6. The number of hydrogen-bond donors (Lipinski definition) is 2. The first-order valence-electron chi connectivity index (χ1n) is 11.8. The number of carbonyl (C=O) groups is 1. The fourth-order valence-corrected chi connectivity index (χ4v) is 4.70. The van der Waals surface area contributed by atoms with Gasteiger partial charge in [-0.2, -0.15) is 4.68 Å². The highest BCUT2D eigenvalue weighted by molar-refractivity contribution is 9.10. The number of benzene rings is 2. The highest BCUT2D eigenvalue weighted by Crippen LogP contribution is 2.42. The number of halogens is 1. The molecule has 1 aromatic heterocycles. The van der Waals surface area contributed by atoms with Gasteiger partial charge in [0, 0.05) is 11.4 Å². The van der Waals surface area contributed by atoms with Crippen molar-refractivity contribution in [2.45, 2.75) is 47.1 Å². The number of rotatable bonds is 8. The van der Waals surface area contributed by atoms with Gasteiger partial charge in [0.15, 0.2) is 11.5 Å². The van der Waals surface area contributed by atoms with E-state index in [1.165, 1.54) is 0 Å². The number of methoxy groups -OCH3 is 1. The largest absolute Gasteiger partial charge is 0.493 e. The average Bonchev–Trinajstić information content (AvgIpc) is 3.29. The normalized spacial score (nSPS) is 14.9. The van der Waals surface area contributed by atoms with Crippen LogP contribution in [-0.2, 0) is 4.79 Å². The number of aromatic nitrogens is 4. The second-order valence-corrected chi connectivity index (χ2v) is 10.1. The molecule has 2 heterocycles. The van der Waals surface area contributed by atoms with Crippen molar-refractivity contribution in [3.05, 3.63) is 62.8 Å². The monoisotopic (exact) mass is 554 g/mol. The van der Waals surface area contributed by atoms with E-state index in [-0.39, 0.29) is 5.91 Å². The second-order valence-electron chi connectivity index (χ2n) is 9.28. The molecular formula is C26H31BrN6O3. The van der Waals surface area contributed by atoms with Crippen molar-refractivity contribution in [3.8, 4) is 11.5 Å². The number of aryl methyl sites for hydroxylation is 1. The van der Waals surface area contributed by atoms with Crippen molar-refractivity contribution in [2.75, 3.05) is 24.4 Å². The van der Waals surface area contributed by atoms with Crippen molar-refractivity contribution >= 4 is 33.5 Å². The lowest BCUT2D eigenvalue weighted by Gasteiger charge is -2.29. The van der Waals surface area contributed by atoms with Gasteiger partial charge >= 0.3 is 0 Å². The molecule has 1 atom stereocenters. The minimum absolute atomic E-state index is 0.243. The zero-order valence-electron chi connectivity index (χ0n) is 21.3. The highest BCUT2D eigenvalue weighted by atomic mass is 79.9. The summed E-state index contributed by atoms with van der Waals surface area (Å²) in [5, 5.41) is 18.3. The number of amides is 1. The summed E-state index contributed by atoms with van der Waals surface area (Å²) in [6, 6.07) is 9.05. The summed E-state index contributed by atoms with van der Waals surface area (Å²) in [4.78, 5) is 13.7. The van der Waals surface area contributed by atoms with Crippen LogP contribution in [0.5, 0.6) is 11.5 Å². The van der Waals surface area contributed by atoms with Crippen LogP contribution in [-0.4, -0.2) is 39.8 Å². The molecule has 0 bridgehead atoms. The van der Waals surface area contributed by atoms with Crippen LogP contribution >= 0.6 is 15.9 Å². The summed E-state index contributed by atoms with van der Waals surface area (Å²) in [6.45, 7) is 10.7. The Morgan fingerprint density at radius 1 is 1.25 bits per heavy atom. The summed E-state index contributed by atoms with van der Waals surface area (Å²) < 4.78 is 14.1. The van der Waals surface area contributed by atoms with Crippen molar-refractivity contribution < 1.29 is 14.3 Å². The lowest BCUT2D eigenvalue weighted by molar-refractivity contribution is -0.113. The zero-order chi connectivity index (χ0) is 26.0. The van der Waals surface area contributed by atoms with Crippen LogP contribution in [0, 0.1) is 19.8 Å². The predicted molar refractivity (Wildman–Crippen MR) is 142 cm³/mol. The maximum atomic E-state index is 13.7. The van der Waals surface area contributed by atoms with Gasteiger partial charge in [0.1, 0.15) is 6.04 Å². The fraction of sp³-hybridized carbons (Fsp3) is 0.385. The number of ether oxygens (including phenoxy) is 2. The van der Waals surface area contributed by atoms with Crippen LogP contribution in [0.3, 0.4) is 0 Å². The highest BCUT2D eigenvalue weighted by Gasteiger charge is 2.35. The molecular weight excluding hydrogens is 524 g/mol. The van der Waals surface area contributed by atoms with E-state index < -0.39 is 6.04 Å². The van der Waals surface area contributed by atoms with E-state index in [9.17, 15) is 4.79 Å². The molecule has 1 aliphatic rings. The van der Waals surface area contributed by atoms with Gasteiger partial charge in [-0.3, -0.25) is 4.79 Å². The number of fused-ring (bicyclic) bond motifs is 1. The molecule has 2 aromatic carbocycles. The first kappa shape index (κ1) is 25.7.